The number of H-pyrrole nitrogens is 1. The third-order valence-electron chi connectivity index (χ3n) is 4.16. The number of nitrogens with zero attached hydrogens (tertiary/aromatic N) is 2. The van der Waals surface area contributed by atoms with Crippen molar-refractivity contribution in [1.82, 2.24) is 0 Å². The SMILES string of the molecule is c1cc(N2CCCCC2)[nH+]c(N2CCCCC2)c1. The minimum Gasteiger partial charge on any atom is -0.293 e. The fourth-order valence-electron chi connectivity index (χ4n) is 3.08. The van der Waals surface area contributed by atoms with Crippen LogP contribution in [-0.2, 0) is 0 Å². The normalized spacial score (nSPS) is 21.1. The maximum absolute atomic E-state index is 3.64. The Bertz CT molecular complexity index is 346. The zero-order valence-corrected chi connectivity index (χ0v) is 11.2. The average Bonchev–Trinajstić information content (AvgIpc) is 2.49. The van der Waals surface area contributed by atoms with Crippen LogP contribution in [0.5, 0.6) is 0 Å². The van der Waals surface area contributed by atoms with E-state index in [1.54, 1.807) is 0 Å². The molecule has 3 heterocycles. The van der Waals surface area contributed by atoms with Crippen LogP contribution in [0.4, 0.5) is 11.6 Å². The van der Waals surface area contributed by atoms with E-state index >= 15 is 0 Å². The first kappa shape index (κ1) is 11.8. The van der Waals surface area contributed by atoms with E-state index in [-0.39, 0.29) is 0 Å². The lowest BCUT2D eigenvalue weighted by Gasteiger charge is -2.26. The second kappa shape index (κ2) is 5.59. The number of hydrogen-bond acceptors (Lipinski definition) is 2. The highest BCUT2D eigenvalue weighted by Crippen LogP contribution is 2.19. The molecule has 0 spiro atoms. The van der Waals surface area contributed by atoms with Crippen LogP contribution in [0.3, 0.4) is 0 Å². The number of nitrogens with one attached hydrogen (secondary N) is 1. The molecule has 2 aliphatic heterocycles. The fourth-order valence-corrected chi connectivity index (χ4v) is 3.08. The van der Waals surface area contributed by atoms with Crippen LogP contribution < -0.4 is 14.8 Å². The Balaban J connectivity index is 1.75. The summed E-state index contributed by atoms with van der Waals surface area (Å²) in [4.78, 5) is 8.63. The van der Waals surface area contributed by atoms with Gasteiger partial charge in [0.25, 0.3) is 0 Å². The van der Waals surface area contributed by atoms with Crippen molar-refractivity contribution in [2.24, 2.45) is 0 Å². The van der Waals surface area contributed by atoms with Crippen molar-refractivity contribution in [1.29, 1.82) is 0 Å². The lowest BCUT2D eigenvalue weighted by molar-refractivity contribution is -0.350. The van der Waals surface area contributed by atoms with Gasteiger partial charge in [0.1, 0.15) is 0 Å². The van der Waals surface area contributed by atoms with Gasteiger partial charge in [0.2, 0.25) is 11.6 Å². The Kier molecular flexibility index (Phi) is 3.67. The van der Waals surface area contributed by atoms with Gasteiger partial charge >= 0.3 is 0 Å². The number of rotatable bonds is 2. The lowest BCUT2D eigenvalue weighted by atomic mass is 10.1. The van der Waals surface area contributed by atoms with Gasteiger partial charge in [-0.25, -0.2) is 4.98 Å². The van der Waals surface area contributed by atoms with E-state index in [9.17, 15) is 0 Å². The summed E-state index contributed by atoms with van der Waals surface area (Å²) in [5.41, 5.74) is 0. The molecule has 0 aliphatic carbocycles. The monoisotopic (exact) mass is 246 g/mol. The van der Waals surface area contributed by atoms with Crippen molar-refractivity contribution in [2.45, 2.75) is 38.5 Å². The van der Waals surface area contributed by atoms with Crippen LogP contribution in [-0.4, -0.2) is 26.2 Å². The van der Waals surface area contributed by atoms with Crippen LogP contribution in [0.1, 0.15) is 38.5 Å². The van der Waals surface area contributed by atoms with Crippen molar-refractivity contribution in [2.75, 3.05) is 36.0 Å². The van der Waals surface area contributed by atoms with Gasteiger partial charge in [0.15, 0.2) is 0 Å². The molecule has 0 amide bonds. The van der Waals surface area contributed by atoms with Crippen molar-refractivity contribution in [3.8, 4) is 0 Å². The third-order valence-corrected chi connectivity index (χ3v) is 4.16. The Morgan fingerprint density at radius 3 is 1.56 bits per heavy atom. The van der Waals surface area contributed by atoms with Gasteiger partial charge in [0, 0.05) is 12.1 Å². The van der Waals surface area contributed by atoms with E-state index in [4.69, 9.17) is 0 Å². The zero-order valence-electron chi connectivity index (χ0n) is 11.2. The summed E-state index contributed by atoms with van der Waals surface area (Å²) in [5.74, 6) is 2.61. The number of aromatic nitrogens is 1. The zero-order chi connectivity index (χ0) is 12.2. The van der Waals surface area contributed by atoms with Crippen molar-refractivity contribution in [3.63, 3.8) is 0 Å². The largest absolute Gasteiger partial charge is 0.293 e. The summed E-state index contributed by atoms with van der Waals surface area (Å²) < 4.78 is 0. The van der Waals surface area contributed by atoms with Gasteiger partial charge in [-0.3, -0.25) is 9.80 Å². The van der Waals surface area contributed by atoms with Crippen molar-refractivity contribution < 1.29 is 4.98 Å². The predicted molar refractivity (Wildman–Crippen MR) is 75.1 cm³/mol. The van der Waals surface area contributed by atoms with E-state index in [2.05, 4.69) is 33.0 Å². The minimum atomic E-state index is 1.21. The average molecular weight is 246 g/mol. The molecule has 1 aromatic heterocycles. The summed E-state index contributed by atoms with van der Waals surface area (Å²) >= 11 is 0. The van der Waals surface area contributed by atoms with Gasteiger partial charge in [-0.1, -0.05) is 0 Å². The molecule has 1 N–H and O–H groups in total. The second-order valence-corrected chi connectivity index (χ2v) is 5.52. The van der Waals surface area contributed by atoms with Crippen LogP contribution in [0.2, 0.25) is 0 Å². The van der Waals surface area contributed by atoms with E-state index < -0.39 is 0 Å². The van der Waals surface area contributed by atoms with Crippen LogP contribution in [0, 0.1) is 0 Å². The molecule has 2 aliphatic rings. The van der Waals surface area contributed by atoms with Gasteiger partial charge in [-0.2, -0.15) is 0 Å². The molecule has 0 atom stereocenters. The Hall–Kier alpha value is -1.25. The Morgan fingerprint density at radius 1 is 0.667 bits per heavy atom. The van der Waals surface area contributed by atoms with Crippen LogP contribution >= 0.6 is 0 Å². The molecule has 0 aromatic carbocycles. The molecule has 0 unspecified atom stereocenters. The maximum Gasteiger partial charge on any atom is 0.221 e. The van der Waals surface area contributed by atoms with Gasteiger partial charge in [0.05, 0.1) is 26.2 Å². The van der Waals surface area contributed by atoms with Gasteiger partial charge in [-0.05, 0) is 44.6 Å². The molecule has 98 valence electrons. The van der Waals surface area contributed by atoms with E-state index in [0.29, 0.717) is 0 Å². The summed E-state index contributed by atoms with van der Waals surface area (Å²) in [5, 5.41) is 0. The summed E-state index contributed by atoms with van der Waals surface area (Å²) in [7, 11) is 0. The molecular weight excluding hydrogens is 222 g/mol. The van der Waals surface area contributed by atoms with Crippen molar-refractivity contribution in [3.05, 3.63) is 18.2 Å². The van der Waals surface area contributed by atoms with Gasteiger partial charge < -0.3 is 0 Å². The fraction of sp³-hybridized carbons (Fsp3) is 0.667. The standard InChI is InChI=1S/C15H23N3/c1-3-10-17(11-4-1)14-8-7-9-15(16-14)18-12-5-2-6-13-18/h7-9H,1-6,10-13H2/p+1. The highest BCUT2D eigenvalue weighted by molar-refractivity contribution is 5.40. The first-order chi connectivity index (χ1) is 8.93. The number of hydrogen-bond donors (Lipinski definition) is 0. The first-order valence-electron chi connectivity index (χ1n) is 7.46. The second-order valence-electron chi connectivity index (χ2n) is 5.52. The van der Waals surface area contributed by atoms with Gasteiger partial charge in [-0.15, -0.1) is 0 Å². The smallest absolute Gasteiger partial charge is 0.221 e. The van der Waals surface area contributed by atoms with Crippen LogP contribution in [0.15, 0.2) is 18.2 Å². The highest BCUT2D eigenvalue weighted by atomic mass is 15.2. The van der Waals surface area contributed by atoms with E-state index in [1.807, 2.05) is 0 Å². The summed E-state index contributed by atoms with van der Waals surface area (Å²) in [6.45, 7) is 4.83. The van der Waals surface area contributed by atoms with Crippen molar-refractivity contribution >= 4 is 11.6 Å². The highest BCUT2D eigenvalue weighted by Gasteiger charge is 2.20. The number of aromatic amines is 1. The molecule has 3 nitrogen and oxygen atoms in total. The Labute approximate surface area is 110 Å². The molecule has 3 heteroatoms. The van der Waals surface area contributed by atoms with Crippen LogP contribution in [0.25, 0.3) is 0 Å². The minimum absolute atomic E-state index is 1.21. The molecular formula is C15H24N3+. The number of pyridine rings is 1. The summed E-state index contributed by atoms with van der Waals surface area (Å²) in [6, 6.07) is 6.64. The molecule has 2 fully saturated rings. The summed E-state index contributed by atoms with van der Waals surface area (Å²) in [6.07, 6.45) is 8.12. The number of piperidine rings is 2. The molecule has 3 rings (SSSR count). The molecule has 0 radical (unpaired) electrons. The third kappa shape index (κ3) is 2.60. The maximum atomic E-state index is 3.64. The predicted octanol–water partition coefficient (Wildman–Crippen LogP) is 2.48. The molecule has 18 heavy (non-hydrogen) atoms. The quantitative estimate of drug-likeness (QED) is 0.799. The lowest BCUT2D eigenvalue weighted by Crippen LogP contribution is -2.38. The number of anilines is 2. The molecule has 0 bridgehead atoms. The topological polar surface area (TPSA) is 20.6 Å². The van der Waals surface area contributed by atoms with E-state index in [0.717, 1.165) is 0 Å². The first-order valence-corrected chi connectivity index (χ1v) is 7.46. The van der Waals surface area contributed by atoms with E-state index in [1.165, 1.54) is 76.3 Å². The Morgan fingerprint density at radius 2 is 1.11 bits per heavy atom. The molecule has 2 saturated heterocycles. The molecule has 1 aromatic rings. The molecule has 0 saturated carbocycles.